The van der Waals surface area contributed by atoms with E-state index >= 15 is 0 Å². The Kier molecular flexibility index (Phi) is 8.03. The summed E-state index contributed by atoms with van der Waals surface area (Å²) in [6, 6.07) is 24.6. The van der Waals surface area contributed by atoms with E-state index in [0.29, 0.717) is 13.1 Å². The second-order valence-electron chi connectivity index (χ2n) is 7.91. The Labute approximate surface area is 190 Å². The molecule has 0 radical (unpaired) electrons. The molecule has 3 rings (SSSR count). The largest absolute Gasteiger partial charge is 0.497 e. The van der Waals surface area contributed by atoms with Crippen molar-refractivity contribution in [3.63, 3.8) is 0 Å². The van der Waals surface area contributed by atoms with Gasteiger partial charge in [0.05, 0.1) is 13.5 Å². The van der Waals surface area contributed by atoms with E-state index in [1.165, 1.54) is 5.56 Å². The second-order valence-corrected chi connectivity index (χ2v) is 7.91. The van der Waals surface area contributed by atoms with E-state index in [1.807, 2.05) is 85.8 Å². The van der Waals surface area contributed by atoms with Crippen molar-refractivity contribution in [2.45, 2.75) is 39.4 Å². The third-order valence-corrected chi connectivity index (χ3v) is 5.46. The van der Waals surface area contributed by atoms with Crippen LogP contribution in [0.1, 0.15) is 29.2 Å². The Morgan fingerprint density at radius 3 is 2.12 bits per heavy atom. The number of nitrogens with zero attached hydrogens (tertiary/aromatic N) is 1. The van der Waals surface area contributed by atoms with Crippen LogP contribution in [0.3, 0.4) is 0 Å². The van der Waals surface area contributed by atoms with Crippen molar-refractivity contribution in [3.8, 4) is 5.75 Å². The van der Waals surface area contributed by atoms with Crippen LogP contribution in [-0.4, -0.2) is 29.9 Å². The molecule has 5 nitrogen and oxygen atoms in total. The monoisotopic (exact) mass is 430 g/mol. The number of hydrogen-bond donors (Lipinski definition) is 1. The molecule has 0 aliphatic carbocycles. The number of hydrogen-bond acceptors (Lipinski definition) is 3. The van der Waals surface area contributed by atoms with Crippen molar-refractivity contribution in [2.24, 2.45) is 0 Å². The van der Waals surface area contributed by atoms with Gasteiger partial charge in [0.15, 0.2) is 0 Å². The van der Waals surface area contributed by atoms with Crippen LogP contribution >= 0.6 is 0 Å². The molecule has 2 amide bonds. The zero-order valence-corrected chi connectivity index (χ0v) is 18.9. The van der Waals surface area contributed by atoms with Crippen molar-refractivity contribution in [2.75, 3.05) is 7.11 Å². The lowest BCUT2D eigenvalue weighted by molar-refractivity contribution is -0.140. The van der Waals surface area contributed by atoms with Gasteiger partial charge < -0.3 is 15.0 Å². The lowest BCUT2D eigenvalue weighted by Gasteiger charge is -2.29. The van der Waals surface area contributed by atoms with Gasteiger partial charge in [0.25, 0.3) is 0 Å². The van der Waals surface area contributed by atoms with Crippen LogP contribution in [0.2, 0.25) is 0 Å². The fraction of sp³-hybridized carbons (Fsp3) is 0.259. The molecule has 3 aromatic carbocycles. The lowest BCUT2D eigenvalue weighted by Crippen LogP contribution is -2.47. The summed E-state index contributed by atoms with van der Waals surface area (Å²) in [5.74, 6) is 0.477. The maximum atomic E-state index is 13.2. The molecule has 0 heterocycles. The molecule has 1 N–H and O–H groups in total. The van der Waals surface area contributed by atoms with Gasteiger partial charge in [0.1, 0.15) is 11.8 Å². The van der Waals surface area contributed by atoms with Gasteiger partial charge in [0, 0.05) is 13.1 Å². The minimum atomic E-state index is -0.612. The highest BCUT2D eigenvalue weighted by Crippen LogP contribution is 2.16. The Morgan fingerprint density at radius 2 is 1.50 bits per heavy atom. The summed E-state index contributed by atoms with van der Waals surface area (Å²) < 4.78 is 5.22. The van der Waals surface area contributed by atoms with E-state index in [-0.39, 0.29) is 18.2 Å². The molecule has 0 spiro atoms. The Hall–Kier alpha value is -3.60. The molecule has 0 aromatic heterocycles. The highest BCUT2D eigenvalue weighted by molar-refractivity contribution is 5.88. The quantitative estimate of drug-likeness (QED) is 0.551. The first kappa shape index (κ1) is 23.1. The van der Waals surface area contributed by atoms with Crippen LogP contribution in [0.15, 0.2) is 78.9 Å². The van der Waals surface area contributed by atoms with Gasteiger partial charge in [0.2, 0.25) is 11.8 Å². The van der Waals surface area contributed by atoms with Crippen LogP contribution in [0.4, 0.5) is 0 Å². The Bertz CT molecular complexity index is 1020. The van der Waals surface area contributed by atoms with Crippen LogP contribution in [0.25, 0.3) is 0 Å². The van der Waals surface area contributed by atoms with E-state index in [1.54, 1.807) is 18.9 Å². The van der Waals surface area contributed by atoms with Gasteiger partial charge in [-0.2, -0.15) is 0 Å². The van der Waals surface area contributed by atoms with Crippen molar-refractivity contribution in [1.29, 1.82) is 0 Å². The second kappa shape index (κ2) is 11.1. The number of aryl methyl sites for hydroxylation is 1. The molecule has 0 aliphatic heterocycles. The van der Waals surface area contributed by atoms with Gasteiger partial charge in [-0.05, 0) is 42.7 Å². The van der Waals surface area contributed by atoms with E-state index in [0.717, 1.165) is 22.4 Å². The topological polar surface area (TPSA) is 58.6 Å². The van der Waals surface area contributed by atoms with E-state index in [4.69, 9.17) is 4.74 Å². The first-order chi connectivity index (χ1) is 15.5. The maximum Gasteiger partial charge on any atom is 0.242 e. The van der Waals surface area contributed by atoms with Crippen molar-refractivity contribution in [1.82, 2.24) is 10.2 Å². The van der Waals surface area contributed by atoms with Gasteiger partial charge >= 0.3 is 0 Å². The smallest absolute Gasteiger partial charge is 0.242 e. The number of nitrogens with one attached hydrogen (secondary N) is 1. The number of rotatable bonds is 9. The standard InChI is InChI=1S/C27H30N2O3/c1-20-9-11-23(12-10-20)18-28-27(31)21(2)29(19-24-13-15-25(32-3)16-14-24)26(30)17-22-7-5-4-6-8-22/h4-16,21H,17-19H2,1-3H3,(H,28,31). The minimum Gasteiger partial charge on any atom is -0.497 e. The third kappa shape index (κ3) is 6.45. The molecule has 32 heavy (non-hydrogen) atoms. The molecule has 0 aliphatic rings. The molecule has 3 aromatic rings. The SMILES string of the molecule is COc1ccc(CN(C(=O)Cc2ccccc2)C(C)C(=O)NCc2ccc(C)cc2)cc1. The predicted molar refractivity (Wildman–Crippen MR) is 126 cm³/mol. The van der Waals surface area contributed by atoms with Crippen LogP contribution < -0.4 is 10.1 Å². The summed E-state index contributed by atoms with van der Waals surface area (Å²) in [5, 5.41) is 2.97. The molecule has 0 saturated heterocycles. The summed E-state index contributed by atoms with van der Waals surface area (Å²) in [6.07, 6.45) is 0.243. The van der Waals surface area contributed by atoms with E-state index < -0.39 is 6.04 Å². The van der Waals surface area contributed by atoms with Crippen LogP contribution in [0.5, 0.6) is 5.75 Å². The number of carbonyl (C=O) groups is 2. The van der Waals surface area contributed by atoms with Crippen molar-refractivity contribution in [3.05, 3.63) is 101 Å². The maximum absolute atomic E-state index is 13.2. The molecular formula is C27H30N2O3. The predicted octanol–water partition coefficient (Wildman–Crippen LogP) is 4.28. The van der Waals surface area contributed by atoms with E-state index in [9.17, 15) is 9.59 Å². The fourth-order valence-corrected chi connectivity index (χ4v) is 3.43. The normalized spacial score (nSPS) is 11.5. The lowest BCUT2D eigenvalue weighted by atomic mass is 10.1. The molecule has 1 atom stereocenters. The number of methoxy groups -OCH3 is 1. The molecule has 0 saturated carbocycles. The first-order valence-corrected chi connectivity index (χ1v) is 10.8. The first-order valence-electron chi connectivity index (χ1n) is 10.8. The minimum absolute atomic E-state index is 0.0926. The zero-order valence-electron chi connectivity index (χ0n) is 18.9. The number of amides is 2. The highest BCUT2D eigenvalue weighted by atomic mass is 16.5. The van der Waals surface area contributed by atoms with Gasteiger partial charge in [-0.15, -0.1) is 0 Å². The molecule has 5 heteroatoms. The summed E-state index contributed by atoms with van der Waals surface area (Å²) in [4.78, 5) is 27.8. The number of ether oxygens (including phenoxy) is 1. The number of benzene rings is 3. The fourth-order valence-electron chi connectivity index (χ4n) is 3.43. The van der Waals surface area contributed by atoms with Crippen molar-refractivity contribution >= 4 is 11.8 Å². The van der Waals surface area contributed by atoms with Gasteiger partial charge in [-0.25, -0.2) is 0 Å². The molecule has 0 bridgehead atoms. The summed E-state index contributed by atoms with van der Waals surface area (Å²) in [6.45, 7) is 4.57. The Morgan fingerprint density at radius 1 is 0.875 bits per heavy atom. The van der Waals surface area contributed by atoms with E-state index in [2.05, 4.69) is 5.32 Å². The van der Waals surface area contributed by atoms with Gasteiger partial charge in [-0.1, -0.05) is 72.3 Å². The molecule has 1 unspecified atom stereocenters. The zero-order chi connectivity index (χ0) is 22.9. The summed E-state index contributed by atoms with van der Waals surface area (Å²) in [7, 11) is 1.62. The summed E-state index contributed by atoms with van der Waals surface area (Å²) >= 11 is 0. The molecular weight excluding hydrogens is 400 g/mol. The molecule has 0 fully saturated rings. The van der Waals surface area contributed by atoms with Crippen LogP contribution in [0, 0.1) is 6.92 Å². The number of carbonyl (C=O) groups excluding carboxylic acids is 2. The van der Waals surface area contributed by atoms with Crippen LogP contribution in [-0.2, 0) is 29.1 Å². The third-order valence-electron chi connectivity index (χ3n) is 5.46. The van der Waals surface area contributed by atoms with Crippen molar-refractivity contribution < 1.29 is 14.3 Å². The average molecular weight is 431 g/mol. The molecule has 166 valence electrons. The highest BCUT2D eigenvalue weighted by Gasteiger charge is 2.26. The summed E-state index contributed by atoms with van der Waals surface area (Å²) in [5.41, 5.74) is 4.05. The van der Waals surface area contributed by atoms with Gasteiger partial charge in [-0.3, -0.25) is 9.59 Å². The average Bonchev–Trinajstić information content (AvgIpc) is 2.82. The Balaban J connectivity index is 1.73.